The van der Waals surface area contributed by atoms with Crippen molar-refractivity contribution >= 4 is 29.8 Å². The number of nitrogens with zero attached hydrogens (tertiary/aromatic N) is 2. The third-order valence-electron chi connectivity index (χ3n) is 3.59. The number of hydrogen-bond donors (Lipinski definition) is 1. The van der Waals surface area contributed by atoms with Gasteiger partial charge in [-0.25, -0.2) is 4.99 Å². The number of benzene rings is 1. The average molecular weight is 299 g/mol. The van der Waals surface area contributed by atoms with E-state index >= 15 is 0 Å². The molecule has 0 fully saturated rings. The molecule has 1 aliphatic rings. The summed E-state index contributed by atoms with van der Waals surface area (Å²) in [5, 5.41) is 0. The lowest BCUT2D eigenvalue weighted by molar-refractivity contribution is -0.126. The fourth-order valence-electron chi connectivity index (χ4n) is 2.49. The maximum atomic E-state index is 12.6. The summed E-state index contributed by atoms with van der Waals surface area (Å²) in [7, 11) is 0. The van der Waals surface area contributed by atoms with E-state index in [4.69, 9.17) is 5.73 Å². The smallest absolute Gasteiger partial charge is 0.250 e. The third kappa shape index (κ3) is 3.42. The van der Waals surface area contributed by atoms with Crippen LogP contribution in [0.3, 0.4) is 0 Å². The van der Waals surface area contributed by atoms with Crippen LogP contribution >= 0.6 is 0 Å². The summed E-state index contributed by atoms with van der Waals surface area (Å²) in [4.78, 5) is 29.7. The van der Waals surface area contributed by atoms with Crippen LogP contribution in [0.4, 0.5) is 5.69 Å². The molecule has 0 spiro atoms. The van der Waals surface area contributed by atoms with Crippen LogP contribution in [0.2, 0.25) is 0 Å². The molecule has 0 saturated carbocycles. The Labute approximate surface area is 130 Å². The zero-order valence-corrected chi connectivity index (χ0v) is 13.0. The number of aliphatic imine (C=N–C) groups is 1. The Balaban J connectivity index is 2.41. The van der Waals surface area contributed by atoms with E-state index < -0.39 is 0 Å². The molecule has 2 N–H and O–H groups in total. The standard InChI is InChI=1S/C17H21N3O2/c1-3-7-20(4-2)17(22)14-9-13-6-5-12(11-21)8-15(13)19-16(18)10-14/h5-6,8-9,11H,3-4,7,10H2,1-2H3,(H2,18,19). The molecule has 1 amide bonds. The molecule has 5 heteroatoms. The molecule has 22 heavy (non-hydrogen) atoms. The van der Waals surface area contributed by atoms with Gasteiger partial charge in [0.05, 0.1) is 5.69 Å². The van der Waals surface area contributed by atoms with Gasteiger partial charge in [-0.15, -0.1) is 0 Å². The predicted octanol–water partition coefficient (Wildman–Crippen LogP) is 2.53. The first-order valence-electron chi connectivity index (χ1n) is 7.51. The Bertz CT molecular complexity index is 647. The highest BCUT2D eigenvalue weighted by Crippen LogP contribution is 2.27. The minimum atomic E-state index is -0.00480. The van der Waals surface area contributed by atoms with Crippen LogP contribution in [0.15, 0.2) is 28.8 Å². The van der Waals surface area contributed by atoms with E-state index in [0.29, 0.717) is 35.6 Å². The monoisotopic (exact) mass is 299 g/mol. The highest BCUT2D eigenvalue weighted by molar-refractivity contribution is 6.05. The van der Waals surface area contributed by atoms with Crippen LogP contribution in [0.1, 0.15) is 42.6 Å². The van der Waals surface area contributed by atoms with Crippen molar-refractivity contribution in [1.82, 2.24) is 4.90 Å². The van der Waals surface area contributed by atoms with Crippen molar-refractivity contribution in [3.8, 4) is 0 Å². The summed E-state index contributed by atoms with van der Waals surface area (Å²) < 4.78 is 0. The van der Waals surface area contributed by atoms with Gasteiger partial charge in [-0.2, -0.15) is 0 Å². The van der Waals surface area contributed by atoms with Crippen molar-refractivity contribution in [3.05, 3.63) is 34.9 Å². The molecule has 1 heterocycles. The van der Waals surface area contributed by atoms with Crippen molar-refractivity contribution in [1.29, 1.82) is 0 Å². The Morgan fingerprint density at radius 3 is 2.82 bits per heavy atom. The highest BCUT2D eigenvalue weighted by Gasteiger charge is 2.20. The van der Waals surface area contributed by atoms with Crippen molar-refractivity contribution in [3.63, 3.8) is 0 Å². The molecule has 0 atom stereocenters. The van der Waals surface area contributed by atoms with E-state index in [1.807, 2.05) is 24.8 Å². The van der Waals surface area contributed by atoms with Crippen LogP contribution < -0.4 is 5.73 Å². The van der Waals surface area contributed by atoms with E-state index in [1.54, 1.807) is 18.2 Å². The quantitative estimate of drug-likeness (QED) is 0.849. The van der Waals surface area contributed by atoms with E-state index in [1.165, 1.54) is 0 Å². The summed E-state index contributed by atoms with van der Waals surface area (Å²) in [6.45, 7) is 5.40. The van der Waals surface area contributed by atoms with Gasteiger partial charge in [0.2, 0.25) is 5.91 Å². The topological polar surface area (TPSA) is 75.8 Å². The Morgan fingerprint density at radius 1 is 1.41 bits per heavy atom. The molecule has 0 saturated heterocycles. The fourth-order valence-corrected chi connectivity index (χ4v) is 2.49. The fraction of sp³-hybridized carbons (Fsp3) is 0.353. The number of hydrogen-bond acceptors (Lipinski definition) is 4. The Kier molecular flexibility index (Phi) is 5.09. The van der Waals surface area contributed by atoms with Gasteiger partial charge in [-0.1, -0.05) is 19.1 Å². The van der Waals surface area contributed by atoms with Crippen LogP contribution in [-0.4, -0.2) is 36.0 Å². The number of carbonyl (C=O) groups is 2. The van der Waals surface area contributed by atoms with Crippen molar-refractivity contribution in [2.45, 2.75) is 26.7 Å². The second-order valence-corrected chi connectivity index (χ2v) is 5.27. The average Bonchev–Trinajstić information content (AvgIpc) is 2.68. The number of nitrogens with two attached hydrogens (primary N) is 1. The van der Waals surface area contributed by atoms with Gasteiger partial charge < -0.3 is 10.6 Å². The zero-order chi connectivity index (χ0) is 16.1. The lowest BCUT2D eigenvalue weighted by Gasteiger charge is -2.21. The summed E-state index contributed by atoms with van der Waals surface area (Å²) in [5.74, 6) is 0.378. The maximum absolute atomic E-state index is 12.6. The first kappa shape index (κ1) is 15.9. The first-order chi connectivity index (χ1) is 10.6. The minimum absolute atomic E-state index is 0.00480. The molecule has 1 aromatic rings. The molecule has 2 rings (SSSR count). The number of amidine groups is 1. The Morgan fingerprint density at radius 2 is 2.18 bits per heavy atom. The summed E-state index contributed by atoms with van der Waals surface area (Å²) in [6.07, 6.45) is 3.83. The lowest BCUT2D eigenvalue weighted by atomic mass is 10.0. The molecule has 0 unspecified atom stereocenters. The SMILES string of the molecule is CCCN(CC)C(=O)C1=Cc2ccc(C=O)cc2N=C(N)C1. The Hall–Kier alpha value is -2.43. The molecular weight excluding hydrogens is 278 g/mol. The van der Waals surface area contributed by atoms with Gasteiger partial charge in [-0.3, -0.25) is 9.59 Å². The van der Waals surface area contributed by atoms with E-state index in [0.717, 1.165) is 24.8 Å². The summed E-state index contributed by atoms with van der Waals surface area (Å²) >= 11 is 0. The number of aldehydes is 1. The molecule has 0 radical (unpaired) electrons. The van der Waals surface area contributed by atoms with Crippen molar-refractivity contribution in [2.75, 3.05) is 13.1 Å². The van der Waals surface area contributed by atoms with Gasteiger partial charge in [0.1, 0.15) is 12.1 Å². The van der Waals surface area contributed by atoms with Gasteiger partial charge in [0.25, 0.3) is 0 Å². The molecule has 5 nitrogen and oxygen atoms in total. The minimum Gasteiger partial charge on any atom is -0.387 e. The summed E-state index contributed by atoms with van der Waals surface area (Å²) in [6, 6.07) is 5.19. The lowest BCUT2D eigenvalue weighted by Crippen LogP contribution is -2.33. The number of fused-ring (bicyclic) bond motifs is 1. The van der Waals surface area contributed by atoms with E-state index in [2.05, 4.69) is 4.99 Å². The number of amides is 1. The van der Waals surface area contributed by atoms with Crippen LogP contribution in [0, 0.1) is 0 Å². The molecule has 1 aliphatic heterocycles. The molecule has 0 bridgehead atoms. The predicted molar refractivity (Wildman–Crippen MR) is 88.3 cm³/mol. The van der Waals surface area contributed by atoms with Crippen LogP contribution in [0.25, 0.3) is 6.08 Å². The van der Waals surface area contributed by atoms with Gasteiger partial charge in [0.15, 0.2) is 0 Å². The van der Waals surface area contributed by atoms with Crippen LogP contribution in [-0.2, 0) is 4.79 Å². The van der Waals surface area contributed by atoms with E-state index in [-0.39, 0.29) is 5.91 Å². The first-order valence-corrected chi connectivity index (χ1v) is 7.51. The normalized spacial score (nSPS) is 13.5. The number of carbonyl (C=O) groups excluding carboxylic acids is 2. The second kappa shape index (κ2) is 7.02. The van der Waals surface area contributed by atoms with Crippen molar-refractivity contribution in [2.24, 2.45) is 10.7 Å². The van der Waals surface area contributed by atoms with Gasteiger partial charge >= 0.3 is 0 Å². The summed E-state index contributed by atoms with van der Waals surface area (Å²) in [5.41, 5.74) is 8.55. The highest BCUT2D eigenvalue weighted by atomic mass is 16.2. The molecule has 116 valence electrons. The van der Waals surface area contributed by atoms with Gasteiger partial charge in [-0.05, 0) is 25.5 Å². The largest absolute Gasteiger partial charge is 0.387 e. The molecule has 1 aromatic carbocycles. The van der Waals surface area contributed by atoms with E-state index in [9.17, 15) is 9.59 Å². The zero-order valence-electron chi connectivity index (χ0n) is 13.0. The van der Waals surface area contributed by atoms with Crippen molar-refractivity contribution < 1.29 is 9.59 Å². The van der Waals surface area contributed by atoms with Gasteiger partial charge in [0, 0.05) is 36.2 Å². The molecule has 0 aliphatic carbocycles. The number of rotatable bonds is 5. The molecule has 0 aromatic heterocycles. The third-order valence-corrected chi connectivity index (χ3v) is 3.59. The number of likely N-dealkylation sites (N-methyl/N-ethyl adjacent to an activating group) is 1. The second-order valence-electron chi connectivity index (χ2n) is 5.27. The molecular formula is C17H21N3O2. The maximum Gasteiger partial charge on any atom is 0.250 e. The van der Waals surface area contributed by atoms with Crippen LogP contribution in [0.5, 0.6) is 0 Å².